The van der Waals surface area contributed by atoms with Gasteiger partial charge in [0.25, 0.3) is 15.0 Å². The molecule has 0 aliphatic heterocycles. The SMILES string of the molecule is CN(C)P(=O)(OP(=O)(C(c1ccccc1)c1ccccc1)N(C)C)C(c1ccccc1)c1ccccc1. The first-order valence-electron chi connectivity index (χ1n) is 12.2. The molecule has 0 aromatic heterocycles. The summed E-state index contributed by atoms with van der Waals surface area (Å²) in [5.41, 5.74) is 2.09. The van der Waals surface area contributed by atoms with Gasteiger partial charge in [0.1, 0.15) is 11.3 Å². The Morgan fingerprint density at radius 2 is 0.676 bits per heavy atom. The van der Waals surface area contributed by atoms with Crippen LogP contribution in [0.2, 0.25) is 0 Å². The molecular weight excluding hydrogens is 498 g/mol. The molecule has 192 valence electrons. The zero-order valence-corrected chi connectivity index (χ0v) is 23.5. The molecule has 0 bridgehead atoms. The van der Waals surface area contributed by atoms with Crippen molar-refractivity contribution in [3.05, 3.63) is 144 Å². The van der Waals surface area contributed by atoms with Crippen molar-refractivity contribution >= 4 is 15.0 Å². The number of nitrogens with zero attached hydrogens (tertiary/aromatic N) is 2. The van der Waals surface area contributed by atoms with Crippen molar-refractivity contribution in [2.75, 3.05) is 28.2 Å². The second-order valence-corrected chi connectivity index (χ2v) is 14.9. The summed E-state index contributed by atoms with van der Waals surface area (Å²) < 4.78 is 40.3. The Hall–Kier alpha value is -2.78. The van der Waals surface area contributed by atoms with Gasteiger partial charge in [0, 0.05) is 0 Å². The van der Waals surface area contributed by atoms with Gasteiger partial charge in [-0.2, -0.15) is 0 Å². The fraction of sp³-hybridized carbons (Fsp3) is 0.200. The maximum Gasteiger partial charge on any atom is 0.290 e. The summed E-state index contributed by atoms with van der Waals surface area (Å²) in [6, 6.07) is 38.7. The second-order valence-electron chi connectivity index (χ2n) is 9.35. The van der Waals surface area contributed by atoms with E-state index in [2.05, 4.69) is 0 Å². The first kappa shape index (κ1) is 27.3. The molecule has 0 saturated carbocycles. The minimum atomic E-state index is -3.79. The number of hydrogen-bond acceptors (Lipinski definition) is 3. The fourth-order valence-electron chi connectivity index (χ4n) is 4.55. The number of rotatable bonds is 10. The van der Waals surface area contributed by atoms with Crippen molar-refractivity contribution in [3.63, 3.8) is 0 Å². The van der Waals surface area contributed by atoms with Crippen LogP contribution in [-0.4, -0.2) is 37.5 Å². The van der Waals surface area contributed by atoms with E-state index in [1.807, 2.05) is 121 Å². The van der Waals surface area contributed by atoms with Crippen molar-refractivity contribution in [2.45, 2.75) is 11.3 Å². The lowest BCUT2D eigenvalue weighted by Gasteiger charge is -2.39. The van der Waals surface area contributed by atoms with Crippen LogP contribution in [0.25, 0.3) is 0 Å². The minimum Gasteiger partial charge on any atom is -0.273 e. The number of benzene rings is 4. The van der Waals surface area contributed by atoms with E-state index >= 15 is 9.13 Å². The molecule has 2 atom stereocenters. The van der Waals surface area contributed by atoms with Crippen LogP contribution in [0.5, 0.6) is 0 Å². The van der Waals surface area contributed by atoms with Crippen LogP contribution in [0.3, 0.4) is 0 Å². The lowest BCUT2D eigenvalue weighted by molar-refractivity contribution is 0.365. The molecule has 37 heavy (non-hydrogen) atoms. The van der Waals surface area contributed by atoms with Gasteiger partial charge in [0.2, 0.25) is 0 Å². The van der Waals surface area contributed by atoms with E-state index in [9.17, 15) is 0 Å². The molecule has 0 aliphatic rings. The molecule has 0 aliphatic carbocycles. The molecule has 4 aromatic rings. The highest BCUT2D eigenvalue weighted by atomic mass is 31.2. The number of hydrogen-bond donors (Lipinski definition) is 0. The van der Waals surface area contributed by atoms with Crippen molar-refractivity contribution in [2.24, 2.45) is 0 Å². The summed E-state index contributed by atoms with van der Waals surface area (Å²) in [6.45, 7) is 0. The van der Waals surface area contributed by atoms with Crippen molar-refractivity contribution in [3.8, 4) is 0 Å². The lowest BCUT2D eigenvalue weighted by atomic mass is 10.0. The third-order valence-electron chi connectivity index (χ3n) is 6.46. The Bertz CT molecular complexity index is 1180. The highest BCUT2D eigenvalue weighted by Crippen LogP contribution is 2.77. The summed E-state index contributed by atoms with van der Waals surface area (Å²) in [6.07, 6.45) is 0. The van der Waals surface area contributed by atoms with Crippen LogP contribution >= 0.6 is 15.0 Å². The van der Waals surface area contributed by atoms with Gasteiger partial charge >= 0.3 is 0 Å². The minimum absolute atomic E-state index is 0.634. The Kier molecular flexibility index (Phi) is 8.64. The molecule has 0 spiro atoms. The molecule has 4 rings (SSSR count). The predicted octanol–water partition coefficient (Wildman–Crippen LogP) is 8.09. The topological polar surface area (TPSA) is 49.9 Å². The normalized spacial score (nSPS) is 15.1. The van der Waals surface area contributed by atoms with E-state index < -0.39 is 26.4 Å². The van der Waals surface area contributed by atoms with E-state index in [1.165, 1.54) is 0 Å². The monoisotopic (exact) mass is 532 g/mol. The predicted molar refractivity (Wildman–Crippen MR) is 153 cm³/mol. The molecular formula is C30H34N2O3P2. The van der Waals surface area contributed by atoms with Gasteiger partial charge in [-0.15, -0.1) is 0 Å². The Morgan fingerprint density at radius 3 is 0.865 bits per heavy atom. The molecule has 0 N–H and O–H groups in total. The van der Waals surface area contributed by atoms with Gasteiger partial charge in [0.05, 0.1) is 0 Å². The maximum atomic E-state index is 15.2. The molecule has 5 nitrogen and oxygen atoms in total. The first-order chi connectivity index (χ1) is 17.8. The van der Waals surface area contributed by atoms with Crippen molar-refractivity contribution in [1.29, 1.82) is 0 Å². The highest BCUT2D eigenvalue weighted by Gasteiger charge is 2.50. The third kappa shape index (κ3) is 5.72. The van der Waals surface area contributed by atoms with Gasteiger partial charge in [-0.25, -0.2) is 13.7 Å². The van der Waals surface area contributed by atoms with Gasteiger partial charge in [-0.1, -0.05) is 121 Å². The van der Waals surface area contributed by atoms with Crippen molar-refractivity contribution in [1.82, 2.24) is 9.34 Å². The molecule has 4 aromatic carbocycles. The first-order valence-corrected chi connectivity index (χ1v) is 15.5. The second kappa shape index (κ2) is 11.7. The van der Waals surface area contributed by atoms with Crippen molar-refractivity contribution < 1.29 is 13.4 Å². The van der Waals surface area contributed by atoms with E-state index in [0.29, 0.717) is 0 Å². The van der Waals surface area contributed by atoms with Crippen LogP contribution < -0.4 is 0 Å². The smallest absolute Gasteiger partial charge is 0.273 e. The zero-order chi connectivity index (χ0) is 26.5. The van der Waals surface area contributed by atoms with E-state index in [-0.39, 0.29) is 0 Å². The molecule has 0 heterocycles. The largest absolute Gasteiger partial charge is 0.290 e. The Morgan fingerprint density at radius 1 is 0.459 bits per heavy atom. The van der Waals surface area contributed by atoms with E-state index in [4.69, 9.17) is 4.31 Å². The standard InChI is InChI=1S/C30H34N2O3P2/c1-31(2)36(33,29(25-17-9-5-10-18-25)26-19-11-6-12-20-26)35-37(34,32(3)4)30(27-21-13-7-14-22-27)28-23-15-8-16-24-28/h5-24,29-30H,1-4H3. The molecule has 2 unspecified atom stereocenters. The lowest BCUT2D eigenvalue weighted by Crippen LogP contribution is -2.23. The van der Waals surface area contributed by atoms with E-state index in [1.54, 1.807) is 37.5 Å². The molecule has 7 heteroatoms. The summed E-state index contributed by atoms with van der Waals surface area (Å²) in [7, 11) is -0.631. The summed E-state index contributed by atoms with van der Waals surface area (Å²) >= 11 is 0. The summed E-state index contributed by atoms with van der Waals surface area (Å²) in [5.74, 6) is 0. The molecule has 0 saturated heterocycles. The van der Waals surface area contributed by atoms with Gasteiger partial charge in [0.15, 0.2) is 0 Å². The third-order valence-corrected chi connectivity index (χ3v) is 13.1. The molecule has 0 radical (unpaired) electrons. The molecule has 0 fully saturated rings. The van der Waals surface area contributed by atoms with Crippen LogP contribution in [0.15, 0.2) is 121 Å². The van der Waals surface area contributed by atoms with Crippen LogP contribution in [0.1, 0.15) is 33.6 Å². The fourth-order valence-corrected chi connectivity index (χ4v) is 10.9. The van der Waals surface area contributed by atoms with Gasteiger partial charge in [-0.3, -0.25) is 9.13 Å². The maximum absolute atomic E-state index is 15.2. The average molecular weight is 533 g/mol. The quantitative estimate of drug-likeness (QED) is 0.193. The zero-order valence-electron chi connectivity index (χ0n) is 21.7. The van der Waals surface area contributed by atoms with Crippen LogP contribution in [0, 0.1) is 0 Å². The van der Waals surface area contributed by atoms with Gasteiger partial charge in [-0.05, 0) is 50.4 Å². The molecule has 0 amide bonds. The van der Waals surface area contributed by atoms with Gasteiger partial charge < -0.3 is 0 Å². The Labute approximate surface area is 220 Å². The van der Waals surface area contributed by atoms with E-state index in [0.717, 1.165) is 22.3 Å². The Balaban J connectivity index is 1.93. The van der Waals surface area contributed by atoms with Crippen LogP contribution in [0.4, 0.5) is 0 Å². The summed E-state index contributed by atoms with van der Waals surface area (Å²) in [4.78, 5) is 0. The van der Waals surface area contributed by atoms with Crippen LogP contribution in [-0.2, 0) is 13.4 Å². The highest BCUT2D eigenvalue weighted by molar-refractivity contribution is 7.70. The average Bonchev–Trinajstić information content (AvgIpc) is 2.91. The summed E-state index contributed by atoms with van der Waals surface area (Å²) in [5, 5.41) is 0.